The number of imidazole rings is 2. The fourth-order valence-corrected chi connectivity index (χ4v) is 3.79. The summed E-state index contributed by atoms with van der Waals surface area (Å²) in [4.78, 5) is 47.1. The number of nitrogens with zero attached hydrogens (tertiary/aromatic N) is 6. The number of amides is 1. The average Bonchev–Trinajstić information content (AvgIpc) is 3.36. The standard InChI is InChI=1S/C22H19N7O3/c1-26-13-23-19-18(26)20(31)28(22(32)27(19)2)12-17(30)25-21-24-15-10-6-7-11-16(15)29(21)14-8-4-3-5-9-14/h3-11,13H,12H2,1-2H3,(H,24,25,30). The average molecular weight is 429 g/mol. The van der Waals surface area contributed by atoms with Crippen molar-refractivity contribution in [3.05, 3.63) is 81.8 Å². The van der Waals surface area contributed by atoms with Crippen molar-refractivity contribution in [2.45, 2.75) is 6.54 Å². The van der Waals surface area contributed by atoms with Gasteiger partial charge in [-0.05, 0) is 24.3 Å². The maximum Gasteiger partial charge on any atom is 0.332 e. The van der Waals surface area contributed by atoms with Crippen LogP contribution in [0.3, 0.4) is 0 Å². The molecule has 0 radical (unpaired) electrons. The Morgan fingerprint density at radius 2 is 1.72 bits per heavy atom. The number of rotatable bonds is 4. The molecule has 1 N–H and O–H groups in total. The molecular formula is C22H19N7O3. The van der Waals surface area contributed by atoms with Crippen LogP contribution in [0.25, 0.3) is 27.9 Å². The van der Waals surface area contributed by atoms with Crippen molar-refractivity contribution >= 4 is 34.1 Å². The predicted octanol–water partition coefficient (Wildman–Crippen LogP) is 1.41. The Bertz CT molecular complexity index is 1610. The molecule has 160 valence electrons. The Morgan fingerprint density at radius 3 is 2.50 bits per heavy atom. The second-order valence-corrected chi connectivity index (χ2v) is 7.40. The van der Waals surface area contributed by atoms with Gasteiger partial charge in [0.25, 0.3) is 5.56 Å². The Labute approximate surface area is 181 Å². The van der Waals surface area contributed by atoms with Crippen LogP contribution in [0.15, 0.2) is 70.5 Å². The number of aryl methyl sites for hydroxylation is 2. The van der Waals surface area contributed by atoms with E-state index >= 15 is 0 Å². The van der Waals surface area contributed by atoms with Crippen LogP contribution < -0.4 is 16.6 Å². The molecule has 32 heavy (non-hydrogen) atoms. The van der Waals surface area contributed by atoms with Gasteiger partial charge in [-0.1, -0.05) is 30.3 Å². The van der Waals surface area contributed by atoms with Crippen LogP contribution in [0.5, 0.6) is 0 Å². The first-order chi connectivity index (χ1) is 15.5. The molecule has 0 fully saturated rings. The third-order valence-corrected chi connectivity index (χ3v) is 5.33. The molecule has 3 aromatic heterocycles. The lowest BCUT2D eigenvalue weighted by Gasteiger charge is -2.11. The number of fused-ring (bicyclic) bond motifs is 2. The molecule has 10 heteroatoms. The zero-order valence-corrected chi connectivity index (χ0v) is 17.4. The van der Waals surface area contributed by atoms with E-state index < -0.39 is 23.7 Å². The highest BCUT2D eigenvalue weighted by Gasteiger charge is 2.19. The minimum Gasteiger partial charge on any atom is -0.328 e. The Hall–Kier alpha value is -4.47. The summed E-state index contributed by atoms with van der Waals surface area (Å²) in [5.74, 6) is -0.243. The molecular weight excluding hydrogens is 410 g/mol. The second-order valence-electron chi connectivity index (χ2n) is 7.40. The molecule has 0 saturated carbocycles. The van der Waals surface area contributed by atoms with E-state index in [0.717, 1.165) is 15.8 Å². The molecule has 2 aromatic carbocycles. The predicted molar refractivity (Wildman–Crippen MR) is 120 cm³/mol. The van der Waals surface area contributed by atoms with Crippen LogP contribution in [0.4, 0.5) is 5.95 Å². The molecule has 0 bridgehead atoms. The number of para-hydroxylation sites is 3. The third-order valence-electron chi connectivity index (χ3n) is 5.33. The van der Waals surface area contributed by atoms with Gasteiger partial charge in [0, 0.05) is 19.8 Å². The van der Waals surface area contributed by atoms with Gasteiger partial charge in [0.2, 0.25) is 11.9 Å². The topological polar surface area (TPSA) is 109 Å². The van der Waals surface area contributed by atoms with Gasteiger partial charge in [0.15, 0.2) is 11.2 Å². The van der Waals surface area contributed by atoms with Gasteiger partial charge >= 0.3 is 5.69 Å². The van der Waals surface area contributed by atoms with Crippen LogP contribution >= 0.6 is 0 Å². The molecule has 10 nitrogen and oxygen atoms in total. The number of anilines is 1. The van der Waals surface area contributed by atoms with Gasteiger partial charge < -0.3 is 4.57 Å². The van der Waals surface area contributed by atoms with Gasteiger partial charge in [-0.25, -0.2) is 19.3 Å². The lowest BCUT2D eigenvalue weighted by Crippen LogP contribution is -2.42. The summed E-state index contributed by atoms with van der Waals surface area (Å²) < 4.78 is 5.50. The summed E-state index contributed by atoms with van der Waals surface area (Å²) in [6.07, 6.45) is 1.46. The number of carbonyl (C=O) groups excluding carboxylic acids is 1. The quantitative estimate of drug-likeness (QED) is 0.465. The summed E-state index contributed by atoms with van der Waals surface area (Å²) in [5, 5.41) is 2.76. The summed E-state index contributed by atoms with van der Waals surface area (Å²) in [6, 6.07) is 17.0. The number of hydrogen-bond donors (Lipinski definition) is 1. The SMILES string of the molecule is Cn1cnc2c1c(=O)n(CC(=O)Nc1nc3ccccc3n1-c1ccccc1)c(=O)n2C. The lowest BCUT2D eigenvalue weighted by molar-refractivity contribution is -0.116. The first-order valence-corrected chi connectivity index (χ1v) is 9.89. The summed E-state index contributed by atoms with van der Waals surface area (Å²) in [5.41, 5.74) is 1.67. The molecule has 0 aliphatic rings. The Kier molecular flexibility index (Phi) is 4.47. The maximum atomic E-state index is 12.9. The first-order valence-electron chi connectivity index (χ1n) is 9.89. The van der Waals surface area contributed by atoms with Crippen molar-refractivity contribution in [1.29, 1.82) is 0 Å². The summed E-state index contributed by atoms with van der Waals surface area (Å²) in [7, 11) is 3.17. The molecule has 5 aromatic rings. The van der Waals surface area contributed by atoms with Crippen LogP contribution in [-0.4, -0.2) is 34.1 Å². The van der Waals surface area contributed by atoms with E-state index in [0.29, 0.717) is 11.5 Å². The van der Waals surface area contributed by atoms with Gasteiger partial charge in [-0.15, -0.1) is 0 Å². The van der Waals surface area contributed by atoms with E-state index in [1.54, 1.807) is 7.05 Å². The number of nitrogens with one attached hydrogen (secondary N) is 1. The number of aromatic nitrogens is 6. The zero-order chi connectivity index (χ0) is 22.4. The van der Waals surface area contributed by atoms with Gasteiger partial charge in [0.05, 0.1) is 17.4 Å². The fraction of sp³-hybridized carbons (Fsp3) is 0.136. The molecule has 3 heterocycles. The van der Waals surface area contributed by atoms with E-state index in [2.05, 4.69) is 15.3 Å². The Morgan fingerprint density at radius 1 is 1.00 bits per heavy atom. The zero-order valence-electron chi connectivity index (χ0n) is 17.4. The van der Waals surface area contributed by atoms with Crippen molar-refractivity contribution in [3.63, 3.8) is 0 Å². The molecule has 5 rings (SSSR count). The van der Waals surface area contributed by atoms with E-state index in [9.17, 15) is 14.4 Å². The molecule has 0 spiro atoms. The van der Waals surface area contributed by atoms with Gasteiger partial charge in [0.1, 0.15) is 6.54 Å². The summed E-state index contributed by atoms with van der Waals surface area (Å²) >= 11 is 0. The second kappa shape index (κ2) is 7.34. The highest BCUT2D eigenvalue weighted by Crippen LogP contribution is 2.24. The van der Waals surface area contributed by atoms with Crippen LogP contribution in [0.2, 0.25) is 0 Å². The number of carbonyl (C=O) groups is 1. The molecule has 0 saturated heterocycles. The van der Waals surface area contributed by atoms with Crippen molar-refractivity contribution in [2.24, 2.45) is 14.1 Å². The highest BCUT2D eigenvalue weighted by atomic mass is 16.2. The minimum atomic E-state index is -0.618. The van der Waals surface area contributed by atoms with Crippen molar-refractivity contribution < 1.29 is 4.79 Å². The molecule has 0 aliphatic heterocycles. The normalized spacial score (nSPS) is 11.3. The molecule has 0 unspecified atom stereocenters. The van der Waals surface area contributed by atoms with Crippen LogP contribution in [0.1, 0.15) is 0 Å². The Balaban J connectivity index is 1.56. The van der Waals surface area contributed by atoms with Crippen LogP contribution in [-0.2, 0) is 25.4 Å². The van der Waals surface area contributed by atoms with E-state index in [1.807, 2.05) is 59.2 Å². The van der Waals surface area contributed by atoms with Gasteiger partial charge in [-0.2, -0.15) is 0 Å². The van der Waals surface area contributed by atoms with E-state index in [1.165, 1.54) is 22.5 Å². The van der Waals surface area contributed by atoms with Gasteiger partial charge in [-0.3, -0.25) is 24.0 Å². The van der Waals surface area contributed by atoms with E-state index in [4.69, 9.17) is 0 Å². The smallest absolute Gasteiger partial charge is 0.328 e. The van der Waals surface area contributed by atoms with Crippen molar-refractivity contribution in [3.8, 4) is 5.69 Å². The monoisotopic (exact) mass is 429 g/mol. The molecule has 1 amide bonds. The van der Waals surface area contributed by atoms with Crippen LogP contribution in [0, 0.1) is 0 Å². The summed E-state index contributed by atoms with van der Waals surface area (Å²) in [6.45, 7) is -0.454. The number of hydrogen-bond acceptors (Lipinski definition) is 5. The minimum absolute atomic E-state index is 0.247. The van der Waals surface area contributed by atoms with Crippen molar-refractivity contribution in [1.82, 2.24) is 28.2 Å². The number of benzene rings is 2. The first kappa shape index (κ1) is 19.5. The van der Waals surface area contributed by atoms with Crippen molar-refractivity contribution in [2.75, 3.05) is 5.32 Å². The molecule has 0 aliphatic carbocycles. The lowest BCUT2D eigenvalue weighted by atomic mass is 10.3. The maximum absolute atomic E-state index is 12.9. The largest absolute Gasteiger partial charge is 0.332 e. The fourth-order valence-electron chi connectivity index (χ4n) is 3.79. The molecule has 0 atom stereocenters. The third kappa shape index (κ3) is 3.00. The van der Waals surface area contributed by atoms with E-state index in [-0.39, 0.29) is 11.2 Å². The highest BCUT2D eigenvalue weighted by molar-refractivity contribution is 5.92.